The van der Waals surface area contributed by atoms with Gasteiger partial charge in [0.05, 0.1) is 38.3 Å². The molecule has 5 rings (SSSR count). The number of benzene rings is 1. The van der Waals surface area contributed by atoms with Gasteiger partial charge in [0, 0.05) is 22.6 Å². The zero-order valence-corrected chi connectivity index (χ0v) is 26.6. The molecule has 1 aromatic carbocycles. The fourth-order valence-corrected chi connectivity index (χ4v) is 6.37. The third-order valence-corrected chi connectivity index (χ3v) is 8.11. The Kier molecular flexibility index (Phi) is 8.02. The molecule has 0 spiro atoms. The van der Waals surface area contributed by atoms with Crippen molar-refractivity contribution in [1.29, 1.82) is 0 Å². The van der Waals surface area contributed by atoms with Crippen LogP contribution >= 0.6 is 11.3 Å². The Balaban J connectivity index is 1.66. The standard InChI is InChI=1S/C26H37B6N3O5S/c1-14(2)6-15-7-17-20(8-19(15)37-3)39-9-18-21(33-34(22(17)18)16-4-5-41-10-16)23(36)35(25(27,28)29)24(11-38-12-24)13-40-26(30,31)32/h4-5,7-8,10,14H,6,9,11-13,27-32H2,1-3H3. The molecular weight excluding hydrogens is 531 g/mol. The van der Waals surface area contributed by atoms with Crippen LogP contribution in [0.3, 0.4) is 0 Å². The molecule has 2 aliphatic heterocycles. The number of nitrogens with zero attached hydrogens (tertiary/aromatic N) is 3. The van der Waals surface area contributed by atoms with Gasteiger partial charge in [-0.05, 0) is 46.0 Å². The SMILES string of the molecule is BC(B)(B)OCC1(N(C(=O)c2nn(-c3ccsc3)c3c2COc2cc(OC)c(CC(C)C)cc2-3)C(B)(B)B)COC1. The molecule has 2 aromatic heterocycles. The molecule has 0 atom stereocenters. The quantitative estimate of drug-likeness (QED) is 0.263. The third-order valence-electron chi connectivity index (χ3n) is 7.44. The van der Waals surface area contributed by atoms with Crippen LogP contribution < -0.4 is 9.47 Å². The lowest BCUT2D eigenvalue weighted by Gasteiger charge is -2.55. The van der Waals surface area contributed by atoms with E-state index in [1.165, 1.54) is 0 Å². The zero-order chi connectivity index (χ0) is 29.7. The molecule has 0 radical (unpaired) electrons. The van der Waals surface area contributed by atoms with E-state index in [0.29, 0.717) is 31.4 Å². The summed E-state index contributed by atoms with van der Waals surface area (Å²) in [6.45, 7) is 5.83. The van der Waals surface area contributed by atoms with Gasteiger partial charge >= 0.3 is 0 Å². The fraction of sp³-hybridized carbons (Fsp3) is 0.462. The fourth-order valence-electron chi connectivity index (χ4n) is 5.75. The maximum absolute atomic E-state index is 14.7. The lowest BCUT2D eigenvalue weighted by molar-refractivity contribution is -0.159. The summed E-state index contributed by atoms with van der Waals surface area (Å²) < 4.78 is 25.9. The molecule has 1 saturated heterocycles. The second-order valence-electron chi connectivity index (χ2n) is 13.5. The van der Waals surface area contributed by atoms with Crippen molar-refractivity contribution in [1.82, 2.24) is 14.7 Å². The predicted molar refractivity (Wildman–Crippen MR) is 179 cm³/mol. The first-order valence-corrected chi connectivity index (χ1v) is 15.2. The highest BCUT2D eigenvalue weighted by Crippen LogP contribution is 2.45. The Labute approximate surface area is 252 Å². The van der Waals surface area contributed by atoms with Gasteiger partial charge in [0.2, 0.25) is 0 Å². The minimum Gasteiger partial charge on any atom is -0.496 e. The summed E-state index contributed by atoms with van der Waals surface area (Å²) in [5, 5.41) is 8.24. The average Bonchev–Trinajstić information content (AvgIpc) is 3.51. The number of carbonyl (C=O) groups is 1. The molecule has 0 unspecified atom stereocenters. The first kappa shape index (κ1) is 30.0. The lowest BCUT2D eigenvalue weighted by Crippen LogP contribution is -2.74. The van der Waals surface area contributed by atoms with Gasteiger partial charge in [-0.1, -0.05) is 13.8 Å². The van der Waals surface area contributed by atoms with E-state index in [1.54, 1.807) is 18.4 Å². The molecule has 210 valence electrons. The highest BCUT2D eigenvalue weighted by molar-refractivity contribution is 7.08. The van der Waals surface area contributed by atoms with Crippen LogP contribution in [0.25, 0.3) is 16.9 Å². The number of amides is 1. The summed E-state index contributed by atoms with van der Waals surface area (Å²) in [7, 11) is 13.9. The van der Waals surface area contributed by atoms with Crippen LogP contribution in [0.2, 0.25) is 0 Å². The van der Waals surface area contributed by atoms with Crippen molar-refractivity contribution in [2.24, 2.45) is 5.92 Å². The number of fused-ring (bicyclic) bond motifs is 3. The number of aromatic nitrogens is 2. The first-order valence-electron chi connectivity index (χ1n) is 14.3. The van der Waals surface area contributed by atoms with Gasteiger partial charge in [0.1, 0.15) is 70.7 Å². The van der Waals surface area contributed by atoms with Crippen LogP contribution in [-0.2, 0) is 22.5 Å². The van der Waals surface area contributed by atoms with Crippen molar-refractivity contribution >= 4 is 64.3 Å². The van der Waals surface area contributed by atoms with E-state index >= 15 is 0 Å². The topological polar surface area (TPSA) is 75.1 Å². The van der Waals surface area contributed by atoms with Gasteiger partial charge < -0.3 is 23.8 Å². The molecule has 4 heterocycles. The number of hydrogen-bond donors (Lipinski definition) is 0. The van der Waals surface area contributed by atoms with Gasteiger partial charge in [-0.2, -0.15) is 16.4 Å². The Morgan fingerprint density at radius 2 is 1.95 bits per heavy atom. The number of methoxy groups -OCH3 is 1. The second kappa shape index (κ2) is 11.0. The molecule has 0 aliphatic carbocycles. The normalized spacial score (nSPS) is 15.9. The van der Waals surface area contributed by atoms with Gasteiger partial charge in [-0.25, -0.2) is 4.68 Å². The maximum Gasteiger partial charge on any atom is 0.274 e. The number of hydrogen-bond acceptors (Lipinski definition) is 7. The molecule has 0 saturated carbocycles. The molecule has 41 heavy (non-hydrogen) atoms. The monoisotopic (exact) mass is 569 g/mol. The van der Waals surface area contributed by atoms with Crippen LogP contribution in [0.5, 0.6) is 11.5 Å². The number of thiophene rings is 1. The summed E-state index contributed by atoms with van der Waals surface area (Å²) in [5.74, 6) is 1.84. The Morgan fingerprint density at radius 3 is 2.49 bits per heavy atom. The molecule has 0 N–H and O–H groups in total. The maximum atomic E-state index is 14.7. The second-order valence-corrected chi connectivity index (χ2v) is 14.3. The molecule has 2 aliphatic rings. The summed E-state index contributed by atoms with van der Waals surface area (Å²) in [5.41, 5.74) is 4.42. The Bertz CT molecular complexity index is 1430. The van der Waals surface area contributed by atoms with Crippen LogP contribution in [0.4, 0.5) is 0 Å². The van der Waals surface area contributed by atoms with E-state index in [0.717, 1.165) is 46.0 Å². The van der Waals surface area contributed by atoms with Crippen molar-refractivity contribution in [3.05, 3.63) is 45.8 Å². The van der Waals surface area contributed by atoms with E-state index in [9.17, 15) is 4.79 Å². The van der Waals surface area contributed by atoms with Gasteiger partial charge in [-0.3, -0.25) is 4.79 Å². The highest BCUT2D eigenvalue weighted by Gasteiger charge is 2.52. The summed E-state index contributed by atoms with van der Waals surface area (Å²) >= 11 is 1.60. The number of rotatable bonds is 10. The number of ether oxygens (including phenoxy) is 4. The lowest BCUT2D eigenvalue weighted by atomic mass is 9.47. The van der Waals surface area contributed by atoms with E-state index in [2.05, 4.69) is 48.8 Å². The molecular formula is C26H37B6N3O5S. The minimum absolute atomic E-state index is 0.147. The third kappa shape index (κ3) is 5.77. The van der Waals surface area contributed by atoms with Crippen LogP contribution in [0, 0.1) is 5.92 Å². The first-order chi connectivity index (χ1) is 19.2. The van der Waals surface area contributed by atoms with E-state index in [1.807, 2.05) is 50.6 Å². The smallest absolute Gasteiger partial charge is 0.274 e. The average molecular weight is 569 g/mol. The summed E-state index contributed by atoms with van der Waals surface area (Å²) in [4.78, 5) is 16.6. The largest absolute Gasteiger partial charge is 0.496 e. The van der Waals surface area contributed by atoms with Crippen molar-refractivity contribution in [2.45, 2.75) is 43.0 Å². The van der Waals surface area contributed by atoms with Crippen LogP contribution in [-0.4, -0.2) is 111 Å². The Hall–Kier alpha value is -2.49. The van der Waals surface area contributed by atoms with Gasteiger partial charge in [-0.15, -0.1) is 0 Å². The molecule has 0 bridgehead atoms. The van der Waals surface area contributed by atoms with Crippen molar-refractivity contribution in [3.63, 3.8) is 0 Å². The van der Waals surface area contributed by atoms with Crippen LogP contribution in [0.1, 0.15) is 35.5 Å². The molecule has 3 aromatic rings. The van der Waals surface area contributed by atoms with Crippen molar-refractivity contribution in [3.8, 4) is 28.4 Å². The predicted octanol–water partition coefficient (Wildman–Crippen LogP) is -2.05. The van der Waals surface area contributed by atoms with E-state index < -0.39 is 10.8 Å². The van der Waals surface area contributed by atoms with Gasteiger partial charge in [0.15, 0.2) is 5.69 Å². The van der Waals surface area contributed by atoms with E-state index in [-0.39, 0.29) is 17.8 Å². The van der Waals surface area contributed by atoms with Crippen molar-refractivity contribution in [2.75, 3.05) is 26.9 Å². The molecule has 1 amide bonds. The summed E-state index contributed by atoms with van der Waals surface area (Å²) in [6, 6.07) is 6.14. The molecule has 1 fully saturated rings. The number of carbonyl (C=O) groups excluding carboxylic acids is 1. The van der Waals surface area contributed by atoms with Crippen LogP contribution in [0.15, 0.2) is 29.0 Å². The Morgan fingerprint density at radius 1 is 1.22 bits per heavy atom. The minimum atomic E-state index is -0.590. The van der Waals surface area contributed by atoms with Gasteiger partial charge in [0.25, 0.3) is 5.91 Å². The highest BCUT2D eigenvalue weighted by atomic mass is 32.1. The zero-order valence-electron chi connectivity index (χ0n) is 25.8. The molecule has 15 heteroatoms. The summed E-state index contributed by atoms with van der Waals surface area (Å²) in [6.07, 6.45) is 0.859. The van der Waals surface area contributed by atoms with E-state index in [4.69, 9.17) is 24.0 Å². The van der Waals surface area contributed by atoms with Crippen molar-refractivity contribution < 1.29 is 23.7 Å². The molecule has 8 nitrogen and oxygen atoms in total.